The molecule has 0 nitrogen and oxygen atoms in total. The SMILES string of the molecule is [2H]c1cccc2c(-c3ccc4ccccc4c3)c3ccccc3c(-c3ccc4ccccc4c3)c12. The van der Waals surface area contributed by atoms with Crippen molar-refractivity contribution in [2.24, 2.45) is 0 Å². The van der Waals surface area contributed by atoms with E-state index in [4.69, 9.17) is 1.37 Å². The van der Waals surface area contributed by atoms with Gasteiger partial charge in [0.1, 0.15) is 0 Å². The molecule has 0 heteroatoms. The van der Waals surface area contributed by atoms with Gasteiger partial charge >= 0.3 is 0 Å². The summed E-state index contributed by atoms with van der Waals surface area (Å²) < 4.78 is 8.98. The van der Waals surface area contributed by atoms with Crippen LogP contribution in [0.15, 0.2) is 133 Å². The maximum absolute atomic E-state index is 8.98. The largest absolute Gasteiger partial charge is 0.0629 e. The highest BCUT2D eigenvalue weighted by Crippen LogP contribution is 2.44. The first kappa shape index (κ1) is 18.1. The van der Waals surface area contributed by atoms with Gasteiger partial charge in [0.2, 0.25) is 0 Å². The van der Waals surface area contributed by atoms with Crippen LogP contribution in [-0.4, -0.2) is 0 Å². The summed E-state index contributed by atoms with van der Waals surface area (Å²) in [6, 6.07) is 45.6. The first-order chi connectivity index (χ1) is 17.3. The lowest BCUT2D eigenvalue weighted by Crippen LogP contribution is -1.91. The van der Waals surface area contributed by atoms with E-state index in [1.54, 1.807) is 0 Å². The second-order valence-corrected chi connectivity index (χ2v) is 8.88. The molecule has 0 spiro atoms. The number of hydrogen-bond donors (Lipinski definition) is 0. The molecule has 7 aromatic carbocycles. The Bertz CT molecular complexity index is 1910. The van der Waals surface area contributed by atoms with E-state index in [1.807, 2.05) is 12.1 Å². The summed E-state index contributed by atoms with van der Waals surface area (Å²) >= 11 is 0. The average Bonchev–Trinajstić information content (AvgIpc) is 2.91. The van der Waals surface area contributed by atoms with Crippen LogP contribution in [0.2, 0.25) is 0 Å². The Morgan fingerprint density at radius 2 is 0.765 bits per heavy atom. The summed E-state index contributed by atoms with van der Waals surface area (Å²) in [5, 5.41) is 9.41. The fourth-order valence-corrected chi connectivity index (χ4v) is 5.35. The molecule has 0 unspecified atom stereocenters. The van der Waals surface area contributed by atoms with Gasteiger partial charge in [0, 0.05) is 0 Å². The van der Waals surface area contributed by atoms with Crippen LogP contribution in [0.3, 0.4) is 0 Å². The zero-order valence-electron chi connectivity index (χ0n) is 19.6. The molecule has 0 atom stereocenters. The fraction of sp³-hybridized carbons (Fsp3) is 0. The van der Waals surface area contributed by atoms with Crippen LogP contribution in [0.4, 0.5) is 0 Å². The molecule has 0 saturated carbocycles. The summed E-state index contributed by atoms with van der Waals surface area (Å²) in [5.74, 6) is 0. The quantitative estimate of drug-likeness (QED) is 0.239. The monoisotopic (exact) mass is 431 g/mol. The molecule has 0 fully saturated rings. The van der Waals surface area contributed by atoms with Gasteiger partial charge in [-0.25, -0.2) is 0 Å². The Kier molecular flexibility index (Phi) is 4.02. The Morgan fingerprint density at radius 1 is 0.353 bits per heavy atom. The molecule has 34 heavy (non-hydrogen) atoms. The normalized spacial score (nSPS) is 11.9. The van der Waals surface area contributed by atoms with E-state index in [1.165, 1.54) is 43.4 Å². The minimum Gasteiger partial charge on any atom is -0.0616 e. The molecule has 0 aliphatic heterocycles. The molecule has 0 heterocycles. The van der Waals surface area contributed by atoms with Crippen molar-refractivity contribution in [3.63, 3.8) is 0 Å². The molecule has 158 valence electrons. The molecule has 0 aliphatic rings. The second-order valence-electron chi connectivity index (χ2n) is 8.88. The summed E-state index contributed by atoms with van der Waals surface area (Å²) in [5.41, 5.74) is 4.66. The van der Waals surface area contributed by atoms with E-state index in [0.29, 0.717) is 6.04 Å². The minimum atomic E-state index is 0.554. The molecule has 0 aliphatic carbocycles. The fourth-order valence-electron chi connectivity index (χ4n) is 5.35. The van der Waals surface area contributed by atoms with Gasteiger partial charge in [0.25, 0.3) is 0 Å². The van der Waals surface area contributed by atoms with Crippen molar-refractivity contribution in [3.8, 4) is 22.3 Å². The third-order valence-corrected chi connectivity index (χ3v) is 6.92. The maximum Gasteiger partial charge on any atom is 0.0629 e. The molecular weight excluding hydrogens is 408 g/mol. The Balaban J connectivity index is 1.64. The predicted octanol–water partition coefficient (Wildman–Crippen LogP) is 9.63. The van der Waals surface area contributed by atoms with Crippen molar-refractivity contribution in [2.75, 3.05) is 0 Å². The molecular formula is C34H22. The molecule has 7 rings (SSSR count). The van der Waals surface area contributed by atoms with Crippen molar-refractivity contribution in [1.29, 1.82) is 0 Å². The van der Waals surface area contributed by atoms with Crippen LogP contribution in [0.5, 0.6) is 0 Å². The Labute approximate surface area is 200 Å². The smallest absolute Gasteiger partial charge is 0.0616 e. The van der Waals surface area contributed by atoms with Crippen LogP contribution in [0.1, 0.15) is 1.37 Å². The first-order valence-corrected chi connectivity index (χ1v) is 11.7. The van der Waals surface area contributed by atoms with Gasteiger partial charge in [-0.3, -0.25) is 0 Å². The van der Waals surface area contributed by atoms with Crippen molar-refractivity contribution < 1.29 is 1.37 Å². The highest BCUT2D eigenvalue weighted by atomic mass is 14.2. The van der Waals surface area contributed by atoms with Crippen molar-refractivity contribution in [3.05, 3.63) is 133 Å². The van der Waals surface area contributed by atoms with E-state index in [-0.39, 0.29) is 0 Å². The molecule has 7 aromatic rings. The summed E-state index contributed by atoms with van der Waals surface area (Å²) in [7, 11) is 0. The van der Waals surface area contributed by atoms with Crippen LogP contribution in [0.25, 0.3) is 65.3 Å². The van der Waals surface area contributed by atoms with E-state index < -0.39 is 0 Å². The minimum absolute atomic E-state index is 0.554. The Morgan fingerprint density at radius 3 is 1.32 bits per heavy atom. The standard InChI is InChI=1S/C34H22/c1-3-11-25-21-27(19-17-23(25)9-1)33-29-13-5-7-15-31(29)34(32-16-8-6-14-30(32)33)28-20-18-24-10-2-4-12-26(24)22-28/h1-22H/i13D. The van der Waals surface area contributed by atoms with Gasteiger partial charge in [0.05, 0.1) is 1.37 Å². The van der Waals surface area contributed by atoms with Crippen LogP contribution in [-0.2, 0) is 0 Å². The number of hydrogen-bond acceptors (Lipinski definition) is 0. The summed E-state index contributed by atoms with van der Waals surface area (Å²) in [6.07, 6.45) is 0. The van der Waals surface area contributed by atoms with Gasteiger partial charge < -0.3 is 0 Å². The van der Waals surface area contributed by atoms with Gasteiger partial charge in [0.15, 0.2) is 0 Å². The van der Waals surface area contributed by atoms with E-state index >= 15 is 0 Å². The van der Waals surface area contributed by atoms with E-state index in [2.05, 4.69) is 115 Å². The third-order valence-electron chi connectivity index (χ3n) is 6.92. The van der Waals surface area contributed by atoms with Crippen molar-refractivity contribution in [2.45, 2.75) is 0 Å². The zero-order chi connectivity index (χ0) is 23.4. The first-order valence-electron chi connectivity index (χ1n) is 12.2. The summed E-state index contributed by atoms with van der Waals surface area (Å²) in [6.45, 7) is 0. The Hall–Kier alpha value is -4.42. The highest BCUT2D eigenvalue weighted by Gasteiger charge is 2.16. The molecule has 0 aromatic heterocycles. The average molecular weight is 432 g/mol. The summed E-state index contributed by atoms with van der Waals surface area (Å²) in [4.78, 5) is 0. The lowest BCUT2D eigenvalue weighted by Gasteiger charge is -2.18. The van der Waals surface area contributed by atoms with Gasteiger partial charge in [-0.15, -0.1) is 0 Å². The van der Waals surface area contributed by atoms with Crippen LogP contribution < -0.4 is 0 Å². The molecule has 0 bridgehead atoms. The van der Waals surface area contributed by atoms with E-state index in [9.17, 15) is 0 Å². The van der Waals surface area contributed by atoms with Gasteiger partial charge in [-0.05, 0) is 77.5 Å². The predicted molar refractivity (Wildman–Crippen MR) is 147 cm³/mol. The second kappa shape index (κ2) is 7.57. The topological polar surface area (TPSA) is 0 Å². The lowest BCUT2D eigenvalue weighted by atomic mass is 9.85. The number of rotatable bonds is 2. The zero-order valence-corrected chi connectivity index (χ0v) is 18.6. The molecule has 0 radical (unpaired) electrons. The molecule has 0 amide bonds. The van der Waals surface area contributed by atoms with Crippen molar-refractivity contribution in [1.82, 2.24) is 0 Å². The van der Waals surface area contributed by atoms with Crippen LogP contribution in [0, 0.1) is 0 Å². The van der Waals surface area contributed by atoms with Crippen molar-refractivity contribution >= 4 is 43.1 Å². The molecule has 0 N–H and O–H groups in total. The van der Waals surface area contributed by atoms with Crippen LogP contribution >= 0.6 is 0 Å². The van der Waals surface area contributed by atoms with Gasteiger partial charge in [-0.2, -0.15) is 0 Å². The third kappa shape index (κ3) is 2.93. The number of benzene rings is 7. The highest BCUT2D eigenvalue weighted by molar-refractivity contribution is 6.22. The number of fused-ring (bicyclic) bond motifs is 4. The molecule has 0 saturated heterocycles. The van der Waals surface area contributed by atoms with Gasteiger partial charge in [-0.1, -0.05) is 121 Å². The lowest BCUT2D eigenvalue weighted by molar-refractivity contribution is 1.68. The maximum atomic E-state index is 8.98. The van der Waals surface area contributed by atoms with E-state index in [0.717, 1.165) is 21.9 Å².